The quantitative estimate of drug-likeness (QED) is 0.847. The second-order valence-electron chi connectivity index (χ2n) is 5.58. The summed E-state index contributed by atoms with van der Waals surface area (Å²) in [6.45, 7) is 4.33. The molecule has 0 saturated carbocycles. The van der Waals surface area contributed by atoms with E-state index in [1.54, 1.807) is 13.3 Å². The average Bonchev–Trinajstić information content (AvgIpc) is 2.56. The van der Waals surface area contributed by atoms with Crippen molar-refractivity contribution in [3.05, 3.63) is 48.0 Å². The van der Waals surface area contributed by atoms with Crippen LogP contribution in [-0.4, -0.2) is 30.8 Å². The fourth-order valence-electron chi connectivity index (χ4n) is 2.31. The fraction of sp³-hybridized carbons (Fsp3) is 0.333. The number of rotatable bonds is 6. The number of carbonyl (C=O) groups is 1. The third-order valence-corrected chi connectivity index (χ3v) is 3.72. The van der Waals surface area contributed by atoms with Crippen molar-refractivity contribution < 1.29 is 13.9 Å². The lowest BCUT2D eigenvalue weighted by atomic mass is 10.0. The molecule has 2 N–H and O–H groups in total. The number of ether oxygens (including phenoxy) is 1. The Labute approximate surface area is 141 Å². The van der Waals surface area contributed by atoms with E-state index in [9.17, 15) is 9.18 Å². The van der Waals surface area contributed by atoms with Gasteiger partial charge in [0.2, 0.25) is 0 Å². The van der Waals surface area contributed by atoms with Crippen LogP contribution in [0.1, 0.15) is 18.9 Å². The topological polar surface area (TPSA) is 63.2 Å². The molecule has 0 saturated heterocycles. The van der Waals surface area contributed by atoms with Gasteiger partial charge in [0.15, 0.2) is 0 Å². The second-order valence-corrected chi connectivity index (χ2v) is 5.58. The normalized spacial score (nSPS) is 11.8. The summed E-state index contributed by atoms with van der Waals surface area (Å²) in [5, 5.41) is 5.70. The van der Waals surface area contributed by atoms with E-state index in [1.165, 1.54) is 6.07 Å². The van der Waals surface area contributed by atoms with Gasteiger partial charge in [-0.1, -0.05) is 19.1 Å². The van der Waals surface area contributed by atoms with Crippen LogP contribution in [0.3, 0.4) is 0 Å². The molecule has 0 spiro atoms. The summed E-state index contributed by atoms with van der Waals surface area (Å²) in [6.07, 6.45) is 3.52. The summed E-state index contributed by atoms with van der Waals surface area (Å²) in [5.41, 5.74) is 3.02. The first-order valence-corrected chi connectivity index (χ1v) is 7.81. The number of halogens is 1. The van der Waals surface area contributed by atoms with Crippen molar-refractivity contribution in [3.63, 3.8) is 0 Å². The molecule has 0 radical (unpaired) electrons. The molecule has 1 atom stereocenters. The number of aryl methyl sites for hydroxylation is 1. The standard InChI is InChI=1S/C18H22FN3O2/c1-4-16(11-24-3)21-18(23)22-17-8-13(6-5-12(17)2)14-7-15(19)10-20-9-14/h5-10,16H,4,11H2,1-3H3,(H2,21,22,23)/t16-/m0/s1. The number of hydrogen-bond donors (Lipinski definition) is 2. The number of anilines is 1. The molecular weight excluding hydrogens is 309 g/mol. The van der Waals surface area contributed by atoms with E-state index in [0.717, 1.165) is 23.7 Å². The Morgan fingerprint density at radius 1 is 1.29 bits per heavy atom. The van der Waals surface area contributed by atoms with Crippen molar-refractivity contribution in [2.24, 2.45) is 0 Å². The molecule has 0 aliphatic rings. The molecule has 5 nitrogen and oxygen atoms in total. The monoisotopic (exact) mass is 331 g/mol. The van der Waals surface area contributed by atoms with Crippen molar-refractivity contribution >= 4 is 11.7 Å². The number of urea groups is 1. The predicted octanol–water partition coefficient (Wildman–Crippen LogP) is 3.74. The fourth-order valence-corrected chi connectivity index (χ4v) is 2.31. The van der Waals surface area contributed by atoms with Gasteiger partial charge in [0.25, 0.3) is 0 Å². The molecule has 1 aromatic carbocycles. The second kappa shape index (κ2) is 8.40. The molecule has 0 aliphatic heterocycles. The number of aromatic nitrogens is 1. The van der Waals surface area contributed by atoms with Gasteiger partial charge < -0.3 is 15.4 Å². The van der Waals surface area contributed by atoms with Gasteiger partial charge in [-0.25, -0.2) is 9.18 Å². The van der Waals surface area contributed by atoms with E-state index in [4.69, 9.17) is 4.74 Å². The maximum Gasteiger partial charge on any atom is 0.319 e. The smallest absolute Gasteiger partial charge is 0.319 e. The molecule has 2 aromatic rings. The van der Waals surface area contributed by atoms with Crippen molar-refractivity contribution in [1.29, 1.82) is 0 Å². The van der Waals surface area contributed by atoms with Gasteiger partial charge >= 0.3 is 6.03 Å². The van der Waals surface area contributed by atoms with Gasteiger partial charge in [-0.3, -0.25) is 4.98 Å². The number of methoxy groups -OCH3 is 1. The lowest BCUT2D eigenvalue weighted by Gasteiger charge is -2.17. The largest absolute Gasteiger partial charge is 0.383 e. The van der Waals surface area contributed by atoms with Crippen LogP contribution in [0.15, 0.2) is 36.7 Å². The van der Waals surface area contributed by atoms with E-state index in [-0.39, 0.29) is 12.1 Å². The molecule has 0 fully saturated rings. The van der Waals surface area contributed by atoms with Crippen molar-refractivity contribution in [3.8, 4) is 11.1 Å². The van der Waals surface area contributed by atoms with Crippen LogP contribution in [0.4, 0.5) is 14.9 Å². The maximum atomic E-state index is 13.3. The van der Waals surface area contributed by atoms with Crippen LogP contribution in [0.25, 0.3) is 11.1 Å². The molecule has 1 aromatic heterocycles. The molecule has 6 heteroatoms. The molecule has 0 aliphatic carbocycles. The van der Waals surface area contributed by atoms with E-state index < -0.39 is 5.82 Å². The van der Waals surface area contributed by atoms with Crippen LogP contribution < -0.4 is 10.6 Å². The Kier molecular flexibility index (Phi) is 6.26. The highest BCUT2D eigenvalue weighted by Gasteiger charge is 2.12. The minimum Gasteiger partial charge on any atom is -0.383 e. The highest BCUT2D eigenvalue weighted by atomic mass is 19.1. The summed E-state index contributed by atoms with van der Waals surface area (Å²) in [5.74, 6) is -0.398. The summed E-state index contributed by atoms with van der Waals surface area (Å²) in [4.78, 5) is 16.0. The number of nitrogens with zero attached hydrogens (tertiary/aromatic N) is 1. The van der Waals surface area contributed by atoms with Crippen LogP contribution in [0.2, 0.25) is 0 Å². The van der Waals surface area contributed by atoms with Gasteiger partial charge in [0.1, 0.15) is 5.82 Å². The SMILES string of the molecule is CC[C@@H](COC)NC(=O)Nc1cc(-c2cncc(F)c2)ccc1C. The van der Waals surface area contributed by atoms with Crippen molar-refractivity contribution in [1.82, 2.24) is 10.3 Å². The molecule has 128 valence electrons. The Balaban J connectivity index is 2.15. The Bertz CT molecular complexity index is 706. The summed E-state index contributed by atoms with van der Waals surface area (Å²) >= 11 is 0. The summed E-state index contributed by atoms with van der Waals surface area (Å²) in [6, 6.07) is 6.62. The molecule has 2 amide bonds. The van der Waals surface area contributed by atoms with Crippen LogP contribution in [0.5, 0.6) is 0 Å². The van der Waals surface area contributed by atoms with E-state index in [1.807, 2.05) is 32.0 Å². The first-order chi connectivity index (χ1) is 11.5. The molecule has 2 rings (SSSR count). The average molecular weight is 331 g/mol. The van der Waals surface area contributed by atoms with E-state index in [2.05, 4.69) is 15.6 Å². The molecular formula is C18H22FN3O2. The minimum absolute atomic E-state index is 0.0501. The van der Waals surface area contributed by atoms with E-state index in [0.29, 0.717) is 17.9 Å². The third-order valence-electron chi connectivity index (χ3n) is 3.72. The van der Waals surface area contributed by atoms with Crippen molar-refractivity contribution in [2.45, 2.75) is 26.3 Å². The van der Waals surface area contributed by atoms with Crippen LogP contribution in [0, 0.1) is 12.7 Å². The zero-order chi connectivity index (χ0) is 17.5. The number of amides is 2. The van der Waals surface area contributed by atoms with Crippen LogP contribution >= 0.6 is 0 Å². The first-order valence-electron chi connectivity index (χ1n) is 7.81. The Hall–Kier alpha value is -2.47. The van der Waals surface area contributed by atoms with Gasteiger partial charge in [0.05, 0.1) is 18.8 Å². The number of nitrogens with one attached hydrogen (secondary N) is 2. The van der Waals surface area contributed by atoms with Gasteiger partial charge in [0, 0.05) is 24.6 Å². The predicted molar refractivity (Wildman–Crippen MR) is 92.5 cm³/mol. The van der Waals surface area contributed by atoms with Gasteiger partial charge in [-0.05, 0) is 36.6 Å². The highest BCUT2D eigenvalue weighted by Crippen LogP contribution is 2.25. The number of carbonyl (C=O) groups excluding carboxylic acids is 1. The molecule has 0 unspecified atom stereocenters. The van der Waals surface area contributed by atoms with Crippen LogP contribution in [-0.2, 0) is 4.74 Å². The Morgan fingerprint density at radius 2 is 2.08 bits per heavy atom. The van der Waals surface area contributed by atoms with E-state index >= 15 is 0 Å². The molecule has 0 bridgehead atoms. The van der Waals surface area contributed by atoms with Gasteiger partial charge in [-0.15, -0.1) is 0 Å². The number of hydrogen-bond acceptors (Lipinski definition) is 3. The van der Waals surface area contributed by atoms with Gasteiger partial charge in [-0.2, -0.15) is 0 Å². The zero-order valence-electron chi connectivity index (χ0n) is 14.1. The maximum absolute atomic E-state index is 13.3. The summed E-state index contributed by atoms with van der Waals surface area (Å²) < 4.78 is 18.4. The lowest BCUT2D eigenvalue weighted by Crippen LogP contribution is -2.40. The zero-order valence-corrected chi connectivity index (χ0v) is 14.1. The highest BCUT2D eigenvalue weighted by molar-refractivity contribution is 5.91. The summed E-state index contributed by atoms with van der Waals surface area (Å²) in [7, 11) is 1.60. The number of pyridine rings is 1. The van der Waals surface area contributed by atoms with Crippen molar-refractivity contribution in [2.75, 3.05) is 19.0 Å². The first kappa shape index (κ1) is 17.9. The lowest BCUT2D eigenvalue weighted by molar-refractivity contribution is 0.165. The third kappa shape index (κ3) is 4.76. The molecule has 24 heavy (non-hydrogen) atoms. The number of benzene rings is 1. The molecule has 1 heterocycles. The minimum atomic E-state index is -0.398. The Morgan fingerprint density at radius 3 is 2.75 bits per heavy atom.